The van der Waals surface area contributed by atoms with E-state index in [2.05, 4.69) is 6.92 Å². The Kier molecular flexibility index (Phi) is 5.10. The number of nitrogens with zero attached hydrogens (tertiary/aromatic N) is 1. The van der Waals surface area contributed by atoms with Crippen LogP contribution in [0.15, 0.2) is 18.2 Å². The number of aryl methyl sites for hydroxylation is 1. The minimum atomic E-state index is -0.366. The lowest BCUT2D eigenvalue weighted by Gasteiger charge is -2.15. The number of nitro groups is 1. The summed E-state index contributed by atoms with van der Waals surface area (Å²) in [6.45, 7) is 4.15. The molecular weight excluding hydrogens is 216 g/mol. The van der Waals surface area contributed by atoms with Crippen LogP contribution >= 0.6 is 0 Å². The van der Waals surface area contributed by atoms with E-state index in [4.69, 9.17) is 5.73 Å². The summed E-state index contributed by atoms with van der Waals surface area (Å²) in [4.78, 5) is 10.4. The zero-order chi connectivity index (χ0) is 12.8. The maximum absolute atomic E-state index is 10.8. The minimum absolute atomic E-state index is 0.0928. The van der Waals surface area contributed by atoms with Crippen LogP contribution in [0.4, 0.5) is 5.69 Å². The van der Waals surface area contributed by atoms with Crippen LogP contribution in [0.3, 0.4) is 0 Å². The molecule has 0 aliphatic heterocycles. The van der Waals surface area contributed by atoms with Gasteiger partial charge in [0, 0.05) is 18.2 Å². The molecule has 1 rings (SSSR count). The monoisotopic (exact) mass is 236 g/mol. The molecule has 4 heteroatoms. The van der Waals surface area contributed by atoms with Gasteiger partial charge in [-0.2, -0.15) is 0 Å². The predicted octanol–water partition coefficient (Wildman–Crippen LogP) is 3.35. The van der Waals surface area contributed by atoms with E-state index in [1.165, 1.54) is 0 Å². The lowest BCUT2D eigenvalue weighted by molar-refractivity contribution is -0.384. The van der Waals surface area contributed by atoms with Gasteiger partial charge in [-0.1, -0.05) is 32.8 Å². The molecule has 0 spiro atoms. The summed E-state index contributed by atoms with van der Waals surface area (Å²) in [5, 5.41) is 10.8. The average Bonchev–Trinajstić information content (AvgIpc) is 2.34. The van der Waals surface area contributed by atoms with E-state index >= 15 is 0 Å². The highest BCUT2D eigenvalue weighted by Gasteiger charge is 2.14. The molecule has 1 aromatic carbocycles. The molecular formula is C13H20N2O2. The Morgan fingerprint density at radius 2 is 2.12 bits per heavy atom. The Morgan fingerprint density at radius 3 is 2.65 bits per heavy atom. The quantitative estimate of drug-likeness (QED) is 0.608. The SMILES string of the molecule is CCCCC(N)c1cc([N+](=O)[O-])ccc1CC. The normalized spacial score (nSPS) is 12.4. The molecule has 2 N–H and O–H groups in total. The van der Waals surface area contributed by atoms with Crippen molar-refractivity contribution in [3.8, 4) is 0 Å². The van der Waals surface area contributed by atoms with E-state index in [-0.39, 0.29) is 16.7 Å². The van der Waals surface area contributed by atoms with Gasteiger partial charge in [0.2, 0.25) is 0 Å². The van der Waals surface area contributed by atoms with Gasteiger partial charge in [0.1, 0.15) is 0 Å². The number of non-ortho nitro benzene ring substituents is 1. The summed E-state index contributed by atoms with van der Waals surface area (Å²) in [5.74, 6) is 0. The topological polar surface area (TPSA) is 69.2 Å². The molecule has 94 valence electrons. The van der Waals surface area contributed by atoms with Gasteiger partial charge in [0.15, 0.2) is 0 Å². The maximum Gasteiger partial charge on any atom is 0.269 e. The highest BCUT2D eigenvalue weighted by atomic mass is 16.6. The van der Waals surface area contributed by atoms with Crippen molar-refractivity contribution in [1.29, 1.82) is 0 Å². The van der Waals surface area contributed by atoms with Crippen molar-refractivity contribution in [3.05, 3.63) is 39.4 Å². The zero-order valence-electron chi connectivity index (χ0n) is 10.5. The Labute approximate surface area is 102 Å². The number of benzene rings is 1. The van der Waals surface area contributed by atoms with Gasteiger partial charge in [-0.05, 0) is 24.0 Å². The molecule has 0 saturated heterocycles. The second-order valence-corrected chi connectivity index (χ2v) is 4.24. The molecule has 17 heavy (non-hydrogen) atoms. The van der Waals surface area contributed by atoms with Crippen LogP contribution in [-0.4, -0.2) is 4.92 Å². The molecule has 1 atom stereocenters. The Bertz CT molecular complexity index is 391. The molecule has 0 saturated carbocycles. The number of nitro benzene ring substituents is 1. The molecule has 0 aromatic heterocycles. The highest BCUT2D eigenvalue weighted by Crippen LogP contribution is 2.25. The fraction of sp³-hybridized carbons (Fsp3) is 0.538. The highest BCUT2D eigenvalue weighted by molar-refractivity contribution is 5.41. The first kappa shape index (κ1) is 13.6. The number of hydrogen-bond donors (Lipinski definition) is 1. The number of nitrogens with two attached hydrogens (primary N) is 1. The molecule has 0 bridgehead atoms. The summed E-state index contributed by atoms with van der Waals surface area (Å²) in [5.41, 5.74) is 8.27. The molecule has 0 fully saturated rings. The van der Waals surface area contributed by atoms with Gasteiger partial charge in [0.05, 0.1) is 4.92 Å². The molecule has 0 aliphatic rings. The van der Waals surface area contributed by atoms with E-state index < -0.39 is 0 Å². The van der Waals surface area contributed by atoms with Gasteiger partial charge >= 0.3 is 0 Å². The van der Waals surface area contributed by atoms with E-state index in [1.807, 2.05) is 13.0 Å². The number of rotatable bonds is 6. The summed E-state index contributed by atoms with van der Waals surface area (Å²) in [7, 11) is 0. The third-order valence-electron chi connectivity index (χ3n) is 2.99. The van der Waals surface area contributed by atoms with Crippen molar-refractivity contribution in [1.82, 2.24) is 0 Å². The summed E-state index contributed by atoms with van der Waals surface area (Å²) >= 11 is 0. The first-order valence-corrected chi connectivity index (χ1v) is 6.12. The second kappa shape index (κ2) is 6.35. The smallest absolute Gasteiger partial charge is 0.269 e. The van der Waals surface area contributed by atoms with E-state index in [9.17, 15) is 10.1 Å². The summed E-state index contributed by atoms with van der Waals surface area (Å²) in [6, 6.07) is 4.90. The largest absolute Gasteiger partial charge is 0.324 e. The molecule has 1 aromatic rings. The first-order chi connectivity index (χ1) is 8.10. The predicted molar refractivity (Wildman–Crippen MR) is 68.9 cm³/mol. The first-order valence-electron chi connectivity index (χ1n) is 6.12. The van der Waals surface area contributed by atoms with Gasteiger partial charge in [0.25, 0.3) is 5.69 Å². The van der Waals surface area contributed by atoms with Crippen molar-refractivity contribution in [3.63, 3.8) is 0 Å². The molecule has 1 unspecified atom stereocenters. The van der Waals surface area contributed by atoms with Crippen LogP contribution in [0.25, 0.3) is 0 Å². The fourth-order valence-electron chi connectivity index (χ4n) is 1.94. The van der Waals surface area contributed by atoms with Gasteiger partial charge in [-0.3, -0.25) is 10.1 Å². The summed E-state index contributed by atoms with van der Waals surface area (Å²) < 4.78 is 0. The Hall–Kier alpha value is -1.42. The van der Waals surface area contributed by atoms with Gasteiger partial charge < -0.3 is 5.73 Å². The third-order valence-corrected chi connectivity index (χ3v) is 2.99. The maximum atomic E-state index is 10.8. The standard InChI is InChI=1S/C13H20N2O2/c1-3-5-6-13(14)12-9-11(15(16)17)8-7-10(12)4-2/h7-9,13H,3-6,14H2,1-2H3. The van der Waals surface area contributed by atoms with Crippen LogP contribution in [0.2, 0.25) is 0 Å². The van der Waals surface area contributed by atoms with Crippen molar-refractivity contribution in [2.45, 2.75) is 45.6 Å². The number of unbranched alkanes of at least 4 members (excludes halogenated alkanes) is 1. The van der Waals surface area contributed by atoms with E-state index in [0.717, 1.165) is 36.8 Å². The van der Waals surface area contributed by atoms with Crippen molar-refractivity contribution >= 4 is 5.69 Å². The Morgan fingerprint density at radius 1 is 1.41 bits per heavy atom. The van der Waals surface area contributed by atoms with E-state index in [1.54, 1.807) is 12.1 Å². The third kappa shape index (κ3) is 3.53. The van der Waals surface area contributed by atoms with Crippen molar-refractivity contribution in [2.24, 2.45) is 5.73 Å². The van der Waals surface area contributed by atoms with Crippen LogP contribution in [0, 0.1) is 10.1 Å². The van der Waals surface area contributed by atoms with E-state index in [0.29, 0.717) is 0 Å². The van der Waals surface area contributed by atoms with Gasteiger partial charge in [-0.15, -0.1) is 0 Å². The molecule has 0 amide bonds. The lowest BCUT2D eigenvalue weighted by Crippen LogP contribution is -2.12. The molecule has 0 heterocycles. The van der Waals surface area contributed by atoms with Gasteiger partial charge in [-0.25, -0.2) is 0 Å². The van der Waals surface area contributed by atoms with Crippen LogP contribution in [0.5, 0.6) is 0 Å². The van der Waals surface area contributed by atoms with Crippen LogP contribution in [0.1, 0.15) is 50.3 Å². The second-order valence-electron chi connectivity index (χ2n) is 4.24. The lowest BCUT2D eigenvalue weighted by atomic mass is 9.95. The average molecular weight is 236 g/mol. The molecule has 0 radical (unpaired) electrons. The van der Waals surface area contributed by atoms with Crippen LogP contribution < -0.4 is 5.73 Å². The molecule has 4 nitrogen and oxygen atoms in total. The Balaban J connectivity index is 3.00. The molecule has 0 aliphatic carbocycles. The minimum Gasteiger partial charge on any atom is -0.324 e. The van der Waals surface area contributed by atoms with Crippen molar-refractivity contribution < 1.29 is 4.92 Å². The van der Waals surface area contributed by atoms with Crippen molar-refractivity contribution in [2.75, 3.05) is 0 Å². The summed E-state index contributed by atoms with van der Waals surface area (Å²) in [6.07, 6.45) is 3.87. The fourth-order valence-corrected chi connectivity index (χ4v) is 1.94. The van der Waals surface area contributed by atoms with Crippen LogP contribution in [-0.2, 0) is 6.42 Å². The number of hydrogen-bond acceptors (Lipinski definition) is 3. The zero-order valence-corrected chi connectivity index (χ0v) is 10.5.